The average molecular weight is 267 g/mol. The summed E-state index contributed by atoms with van der Waals surface area (Å²) < 4.78 is 36.0. The third-order valence-corrected chi connectivity index (χ3v) is 2.72. The summed E-state index contributed by atoms with van der Waals surface area (Å²) >= 11 is 0. The number of halogens is 3. The summed E-state index contributed by atoms with van der Waals surface area (Å²) in [7, 11) is 0. The molecule has 2 nitrogen and oxygen atoms in total. The van der Waals surface area contributed by atoms with Crippen LogP contribution >= 0.6 is 0 Å². The molecule has 0 spiro atoms. The topological polar surface area (TPSA) is 30.0 Å². The van der Waals surface area contributed by atoms with Crippen LogP contribution < -0.4 is 0 Å². The third-order valence-electron chi connectivity index (χ3n) is 2.72. The van der Waals surface area contributed by atoms with Crippen LogP contribution in [0.4, 0.5) is 13.2 Å². The van der Waals surface area contributed by atoms with Gasteiger partial charge in [-0.2, -0.15) is 13.2 Å². The highest BCUT2D eigenvalue weighted by Gasteiger charge is 2.27. The van der Waals surface area contributed by atoms with Gasteiger partial charge in [-0.05, 0) is 12.1 Å². The normalized spacial score (nSPS) is 11.7. The lowest BCUT2D eigenvalue weighted by molar-refractivity contribution is -0.143. The molecular weight excluding hydrogens is 255 g/mol. The second-order valence-corrected chi connectivity index (χ2v) is 4.33. The van der Waals surface area contributed by atoms with Crippen molar-refractivity contribution in [2.24, 2.45) is 0 Å². The number of hydrogen-bond donors (Lipinski definition) is 0. The SMILES string of the molecule is O=C(CCC(F)(F)F)Cc1ccc2ccccc2n1. The number of carbonyl (C=O) groups is 1. The Morgan fingerprint density at radius 1 is 1.11 bits per heavy atom. The molecule has 1 aromatic carbocycles. The first-order valence-electron chi connectivity index (χ1n) is 5.87. The summed E-state index contributed by atoms with van der Waals surface area (Å²) in [6.07, 6.45) is -5.90. The number of para-hydroxylation sites is 1. The summed E-state index contributed by atoms with van der Waals surface area (Å²) in [5, 5.41) is 0.939. The fraction of sp³-hybridized carbons (Fsp3) is 0.286. The Morgan fingerprint density at radius 3 is 2.58 bits per heavy atom. The maximum absolute atomic E-state index is 12.0. The van der Waals surface area contributed by atoms with E-state index in [4.69, 9.17) is 0 Å². The summed E-state index contributed by atoms with van der Waals surface area (Å²) in [4.78, 5) is 15.7. The van der Waals surface area contributed by atoms with E-state index < -0.39 is 24.8 Å². The summed E-state index contributed by atoms with van der Waals surface area (Å²) in [6, 6.07) is 10.9. The first-order chi connectivity index (χ1) is 8.94. The molecule has 5 heteroatoms. The largest absolute Gasteiger partial charge is 0.389 e. The number of ketones is 1. The number of nitrogens with zero attached hydrogens (tertiary/aromatic N) is 1. The third kappa shape index (κ3) is 4.05. The monoisotopic (exact) mass is 267 g/mol. The predicted octanol–water partition coefficient (Wildman–Crippen LogP) is 3.69. The van der Waals surface area contributed by atoms with Crippen molar-refractivity contribution in [3.63, 3.8) is 0 Å². The van der Waals surface area contributed by atoms with Crippen molar-refractivity contribution < 1.29 is 18.0 Å². The second-order valence-electron chi connectivity index (χ2n) is 4.33. The number of pyridine rings is 1. The number of alkyl halides is 3. The molecule has 2 aromatic rings. The van der Waals surface area contributed by atoms with Crippen molar-refractivity contribution in [2.45, 2.75) is 25.4 Å². The van der Waals surface area contributed by atoms with Crippen LogP contribution in [0, 0.1) is 0 Å². The predicted molar refractivity (Wildman–Crippen MR) is 65.7 cm³/mol. The van der Waals surface area contributed by atoms with Gasteiger partial charge in [-0.15, -0.1) is 0 Å². The number of carbonyl (C=O) groups excluding carboxylic acids is 1. The first kappa shape index (κ1) is 13.5. The van der Waals surface area contributed by atoms with Gasteiger partial charge >= 0.3 is 6.18 Å². The lowest BCUT2D eigenvalue weighted by Crippen LogP contribution is -2.12. The minimum atomic E-state index is -4.29. The Hall–Kier alpha value is -1.91. The molecule has 0 aliphatic carbocycles. The molecule has 0 saturated carbocycles. The van der Waals surface area contributed by atoms with Crippen LogP contribution in [0.3, 0.4) is 0 Å². The highest BCUT2D eigenvalue weighted by molar-refractivity contribution is 5.82. The number of benzene rings is 1. The van der Waals surface area contributed by atoms with Crippen LogP contribution in [0.5, 0.6) is 0 Å². The number of rotatable bonds is 4. The second kappa shape index (κ2) is 5.38. The molecule has 0 aliphatic rings. The maximum atomic E-state index is 12.0. The van der Waals surface area contributed by atoms with Crippen LogP contribution in [0.25, 0.3) is 10.9 Å². The van der Waals surface area contributed by atoms with E-state index in [1.807, 2.05) is 24.3 Å². The van der Waals surface area contributed by atoms with Gasteiger partial charge in [0.05, 0.1) is 11.9 Å². The van der Waals surface area contributed by atoms with Crippen LogP contribution in [0.15, 0.2) is 36.4 Å². The average Bonchev–Trinajstić information content (AvgIpc) is 2.35. The molecule has 0 saturated heterocycles. The maximum Gasteiger partial charge on any atom is 0.389 e. The molecule has 2 rings (SSSR count). The van der Waals surface area contributed by atoms with Gasteiger partial charge in [0.15, 0.2) is 0 Å². The lowest BCUT2D eigenvalue weighted by atomic mass is 10.1. The smallest absolute Gasteiger partial charge is 0.299 e. The van der Waals surface area contributed by atoms with E-state index in [1.165, 1.54) is 0 Å². The van der Waals surface area contributed by atoms with Crippen molar-refractivity contribution in [1.29, 1.82) is 0 Å². The van der Waals surface area contributed by atoms with E-state index in [9.17, 15) is 18.0 Å². The van der Waals surface area contributed by atoms with Gasteiger partial charge in [-0.1, -0.05) is 24.3 Å². The molecule has 0 aliphatic heterocycles. The van der Waals surface area contributed by atoms with E-state index in [0.717, 1.165) is 10.9 Å². The van der Waals surface area contributed by atoms with Crippen molar-refractivity contribution in [3.05, 3.63) is 42.1 Å². The number of aromatic nitrogens is 1. The van der Waals surface area contributed by atoms with Gasteiger partial charge in [-0.25, -0.2) is 0 Å². The van der Waals surface area contributed by atoms with Crippen molar-refractivity contribution in [1.82, 2.24) is 4.98 Å². The summed E-state index contributed by atoms with van der Waals surface area (Å²) in [6.45, 7) is 0. The fourth-order valence-corrected chi connectivity index (χ4v) is 1.78. The van der Waals surface area contributed by atoms with Crippen molar-refractivity contribution in [2.75, 3.05) is 0 Å². The quantitative estimate of drug-likeness (QED) is 0.845. The van der Waals surface area contributed by atoms with E-state index in [1.54, 1.807) is 12.1 Å². The molecule has 0 atom stereocenters. The molecular formula is C14H12F3NO. The van der Waals surface area contributed by atoms with Crippen molar-refractivity contribution in [3.8, 4) is 0 Å². The van der Waals surface area contributed by atoms with Gasteiger partial charge < -0.3 is 0 Å². The minimum absolute atomic E-state index is 0.0546. The number of Topliss-reactive ketones (excluding diaryl/α,β-unsaturated/α-hetero) is 1. The van der Waals surface area contributed by atoms with E-state index in [-0.39, 0.29) is 6.42 Å². The molecule has 1 aromatic heterocycles. The van der Waals surface area contributed by atoms with E-state index in [2.05, 4.69) is 4.98 Å². The van der Waals surface area contributed by atoms with Crippen LogP contribution in [-0.4, -0.2) is 16.9 Å². The highest BCUT2D eigenvalue weighted by atomic mass is 19.4. The Bertz CT molecular complexity index is 593. The Kier molecular flexibility index (Phi) is 3.83. The van der Waals surface area contributed by atoms with Crippen LogP contribution in [0.2, 0.25) is 0 Å². The lowest BCUT2D eigenvalue weighted by Gasteiger charge is -2.05. The zero-order valence-electron chi connectivity index (χ0n) is 10.1. The zero-order valence-corrected chi connectivity index (χ0v) is 10.1. The van der Waals surface area contributed by atoms with Crippen LogP contribution in [-0.2, 0) is 11.2 Å². The molecule has 0 amide bonds. The molecule has 0 N–H and O–H groups in total. The number of hydrogen-bond acceptors (Lipinski definition) is 2. The zero-order chi connectivity index (χ0) is 13.9. The van der Waals surface area contributed by atoms with Crippen LogP contribution in [0.1, 0.15) is 18.5 Å². The highest BCUT2D eigenvalue weighted by Crippen LogP contribution is 2.22. The summed E-state index contributed by atoms with van der Waals surface area (Å²) in [5.74, 6) is -0.444. The molecule has 0 fully saturated rings. The fourth-order valence-electron chi connectivity index (χ4n) is 1.78. The molecule has 0 unspecified atom stereocenters. The molecule has 19 heavy (non-hydrogen) atoms. The molecule has 0 bridgehead atoms. The number of fused-ring (bicyclic) bond motifs is 1. The molecule has 1 heterocycles. The van der Waals surface area contributed by atoms with Gasteiger partial charge in [0, 0.05) is 23.9 Å². The van der Waals surface area contributed by atoms with E-state index >= 15 is 0 Å². The van der Waals surface area contributed by atoms with E-state index in [0.29, 0.717) is 5.69 Å². The molecule has 0 radical (unpaired) electrons. The summed E-state index contributed by atoms with van der Waals surface area (Å²) in [5.41, 5.74) is 1.24. The van der Waals surface area contributed by atoms with Gasteiger partial charge in [-0.3, -0.25) is 9.78 Å². The standard InChI is InChI=1S/C14H12F3NO/c15-14(16,17)8-7-12(19)9-11-6-5-10-3-1-2-4-13(10)18-11/h1-6H,7-9H2. The Morgan fingerprint density at radius 2 is 1.84 bits per heavy atom. The molecule has 100 valence electrons. The van der Waals surface area contributed by atoms with Crippen molar-refractivity contribution >= 4 is 16.7 Å². The van der Waals surface area contributed by atoms with Gasteiger partial charge in [0.2, 0.25) is 0 Å². The Labute approximate surface area is 108 Å². The minimum Gasteiger partial charge on any atom is -0.299 e. The first-order valence-corrected chi connectivity index (χ1v) is 5.87. The Balaban J connectivity index is 2.03. The van der Waals surface area contributed by atoms with Gasteiger partial charge in [0.25, 0.3) is 0 Å². The van der Waals surface area contributed by atoms with Gasteiger partial charge in [0.1, 0.15) is 5.78 Å².